The number of para-hydroxylation sites is 1. The van der Waals surface area contributed by atoms with E-state index in [1.807, 2.05) is 0 Å². The highest BCUT2D eigenvalue weighted by molar-refractivity contribution is 7.92. The van der Waals surface area contributed by atoms with Crippen LogP contribution in [0.4, 0.5) is 15.8 Å². The van der Waals surface area contributed by atoms with Crippen molar-refractivity contribution in [1.29, 1.82) is 0 Å². The third-order valence-electron chi connectivity index (χ3n) is 5.34. The van der Waals surface area contributed by atoms with Gasteiger partial charge in [-0.15, -0.1) is 6.58 Å². The van der Waals surface area contributed by atoms with E-state index in [0.717, 1.165) is 16.4 Å². The Balaban J connectivity index is 1.65. The summed E-state index contributed by atoms with van der Waals surface area (Å²) in [5.74, 6) is -1.22. The summed E-state index contributed by atoms with van der Waals surface area (Å²) in [6, 6.07) is 15.3. The number of benzene rings is 3. The molecule has 2 N–H and O–H groups in total. The number of nitrogens with zero attached hydrogens (tertiary/aromatic N) is 1. The zero-order valence-corrected chi connectivity index (χ0v) is 20.5. The highest BCUT2D eigenvalue weighted by atomic mass is 32.2. The van der Waals surface area contributed by atoms with Crippen molar-refractivity contribution in [2.45, 2.75) is 4.90 Å². The number of hydrogen-bond donors (Lipinski definition) is 2. The van der Waals surface area contributed by atoms with Gasteiger partial charge < -0.3 is 20.1 Å². The van der Waals surface area contributed by atoms with Crippen LogP contribution in [0.5, 0.6) is 11.5 Å². The average molecular weight is 526 g/mol. The predicted octanol–water partition coefficient (Wildman–Crippen LogP) is 3.35. The van der Waals surface area contributed by atoms with Crippen molar-refractivity contribution >= 4 is 33.2 Å². The lowest BCUT2D eigenvalue weighted by Crippen LogP contribution is -2.38. The van der Waals surface area contributed by atoms with Crippen LogP contribution in [0.1, 0.15) is 10.4 Å². The van der Waals surface area contributed by atoms with Gasteiger partial charge in [-0.3, -0.25) is 13.9 Å². The van der Waals surface area contributed by atoms with E-state index in [1.165, 1.54) is 48.5 Å². The largest absolute Gasteiger partial charge is 0.486 e. The molecule has 3 aromatic rings. The summed E-state index contributed by atoms with van der Waals surface area (Å²) in [6.07, 6.45) is 1.51. The summed E-state index contributed by atoms with van der Waals surface area (Å²) in [6.45, 7) is 3.67. The molecule has 2 amide bonds. The van der Waals surface area contributed by atoms with Gasteiger partial charge in [-0.25, -0.2) is 12.8 Å². The number of rotatable bonds is 9. The fraction of sp³-hybridized carbons (Fsp3) is 0.154. The van der Waals surface area contributed by atoms with Gasteiger partial charge in [0.15, 0.2) is 11.5 Å². The Bertz CT molecular complexity index is 1440. The van der Waals surface area contributed by atoms with E-state index in [0.29, 0.717) is 12.4 Å². The first-order valence-electron chi connectivity index (χ1n) is 11.3. The number of halogens is 1. The molecule has 0 unspecified atom stereocenters. The molecule has 0 saturated carbocycles. The smallest absolute Gasteiger partial charge is 0.264 e. The zero-order valence-electron chi connectivity index (χ0n) is 19.6. The Hall–Kier alpha value is -4.38. The summed E-state index contributed by atoms with van der Waals surface area (Å²) in [4.78, 5) is 25.4. The third-order valence-corrected chi connectivity index (χ3v) is 7.11. The highest BCUT2D eigenvalue weighted by Gasteiger charge is 2.29. The molecule has 3 aromatic carbocycles. The molecule has 1 aliphatic rings. The van der Waals surface area contributed by atoms with Crippen LogP contribution in [0.2, 0.25) is 0 Å². The van der Waals surface area contributed by atoms with Gasteiger partial charge >= 0.3 is 0 Å². The number of sulfonamides is 1. The fourth-order valence-electron chi connectivity index (χ4n) is 3.63. The van der Waals surface area contributed by atoms with Crippen molar-refractivity contribution in [3.8, 4) is 11.5 Å². The molecule has 192 valence electrons. The Morgan fingerprint density at radius 1 is 1.00 bits per heavy atom. The Labute approximate surface area is 213 Å². The van der Waals surface area contributed by atoms with E-state index >= 15 is 0 Å². The maximum absolute atomic E-state index is 14.1. The number of carbonyl (C=O) groups is 2. The molecule has 1 heterocycles. The van der Waals surface area contributed by atoms with Crippen molar-refractivity contribution in [2.24, 2.45) is 0 Å². The monoisotopic (exact) mass is 525 g/mol. The summed E-state index contributed by atoms with van der Waals surface area (Å²) in [5.41, 5.74) is 0.316. The first-order chi connectivity index (χ1) is 17.8. The maximum atomic E-state index is 14.1. The van der Waals surface area contributed by atoms with Gasteiger partial charge in [0, 0.05) is 12.6 Å². The van der Waals surface area contributed by atoms with Crippen molar-refractivity contribution in [2.75, 3.05) is 35.9 Å². The van der Waals surface area contributed by atoms with E-state index in [-0.39, 0.29) is 40.7 Å². The van der Waals surface area contributed by atoms with Crippen molar-refractivity contribution in [3.05, 3.63) is 90.8 Å². The minimum Gasteiger partial charge on any atom is -0.486 e. The number of nitrogens with one attached hydrogen (secondary N) is 2. The average Bonchev–Trinajstić information content (AvgIpc) is 2.90. The number of fused-ring (bicyclic) bond motifs is 1. The predicted molar refractivity (Wildman–Crippen MR) is 136 cm³/mol. The minimum absolute atomic E-state index is 0.0537. The van der Waals surface area contributed by atoms with Crippen LogP contribution in [0.3, 0.4) is 0 Å². The van der Waals surface area contributed by atoms with Crippen LogP contribution < -0.4 is 24.4 Å². The molecule has 0 radical (unpaired) electrons. The second-order valence-corrected chi connectivity index (χ2v) is 9.75. The zero-order chi connectivity index (χ0) is 26.4. The molecule has 0 aliphatic carbocycles. The lowest BCUT2D eigenvalue weighted by Gasteiger charge is -2.25. The Morgan fingerprint density at radius 2 is 1.76 bits per heavy atom. The molecule has 0 atom stereocenters. The molecular weight excluding hydrogens is 501 g/mol. The summed E-state index contributed by atoms with van der Waals surface area (Å²) < 4.78 is 53.1. The minimum atomic E-state index is -4.35. The van der Waals surface area contributed by atoms with E-state index < -0.39 is 34.2 Å². The Morgan fingerprint density at radius 3 is 2.51 bits per heavy atom. The number of carbonyl (C=O) groups excluding carboxylic acids is 2. The summed E-state index contributed by atoms with van der Waals surface area (Å²) in [5, 5.41) is 5.21. The van der Waals surface area contributed by atoms with E-state index in [2.05, 4.69) is 17.2 Å². The number of hydrogen-bond acceptors (Lipinski definition) is 6. The SMILES string of the molecule is C=CCNC(=O)c1ccccc1NC(=O)CN(c1cccc(F)c1)S(=O)(=O)c1ccc2c(c1)OCCO2. The molecule has 37 heavy (non-hydrogen) atoms. The van der Waals surface area contributed by atoms with Gasteiger partial charge in [-0.2, -0.15) is 0 Å². The van der Waals surface area contributed by atoms with Crippen molar-refractivity contribution in [3.63, 3.8) is 0 Å². The molecule has 1 aliphatic heterocycles. The van der Waals surface area contributed by atoms with Crippen molar-refractivity contribution < 1.29 is 31.9 Å². The van der Waals surface area contributed by atoms with E-state index in [9.17, 15) is 22.4 Å². The molecule has 0 saturated heterocycles. The fourth-order valence-corrected chi connectivity index (χ4v) is 5.06. The Kier molecular flexibility index (Phi) is 7.73. The van der Waals surface area contributed by atoms with E-state index in [4.69, 9.17) is 9.47 Å². The van der Waals surface area contributed by atoms with Crippen LogP contribution in [-0.4, -0.2) is 46.5 Å². The summed E-state index contributed by atoms with van der Waals surface area (Å²) in [7, 11) is -4.35. The lowest BCUT2D eigenvalue weighted by atomic mass is 10.1. The number of amides is 2. The van der Waals surface area contributed by atoms with Gasteiger partial charge in [0.25, 0.3) is 15.9 Å². The number of anilines is 2. The van der Waals surface area contributed by atoms with Crippen LogP contribution in [-0.2, 0) is 14.8 Å². The molecule has 0 bridgehead atoms. The molecule has 11 heteroatoms. The van der Waals surface area contributed by atoms with Gasteiger partial charge in [0.05, 0.1) is 21.8 Å². The third kappa shape index (κ3) is 5.89. The second kappa shape index (κ2) is 11.1. The van der Waals surface area contributed by atoms with Gasteiger partial charge in [-0.05, 0) is 42.5 Å². The first kappa shape index (κ1) is 25.7. The van der Waals surface area contributed by atoms with Crippen LogP contribution in [0.15, 0.2) is 84.3 Å². The highest BCUT2D eigenvalue weighted by Crippen LogP contribution is 2.34. The molecule has 9 nitrogen and oxygen atoms in total. The topological polar surface area (TPSA) is 114 Å². The van der Waals surface area contributed by atoms with Crippen LogP contribution >= 0.6 is 0 Å². The maximum Gasteiger partial charge on any atom is 0.264 e. The van der Waals surface area contributed by atoms with E-state index in [1.54, 1.807) is 12.1 Å². The molecule has 0 aromatic heterocycles. The molecule has 0 fully saturated rings. The first-order valence-corrected chi connectivity index (χ1v) is 12.7. The van der Waals surface area contributed by atoms with Gasteiger partial charge in [-0.1, -0.05) is 24.3 Å². The van der Waals surface area contributed by atoms with Crippen LogP contribution in [0.25, 0.3) is 0 Å². The lowest BCUT2D eigenvalue weighted by molar-refractivity contribution is -0.114. The summed E-state index contributed by atoms with van der Waals surface area (Å²) >= 11 is 0. The standard InChI is InChI=1S/C26H24FN3O6S/c1-2-12-28-26(32)21-8-3-4-9-22(21)29-25(31)17-30(19-7-5-6-18(27)15-19)37(33,34)20-10-11-23-24(16-20)36-14-13-35-23/h2-11,15-16H,1,12-14,17H2,(H,28,32)(H,29,31). The molecule has 0 spiro atoms. The molecular formula is C26H24FN3O6S. The van der Waals surface area contributed by atoms with Crippen LogP contribution in [0, 0.1) is 5.82 Å². The van der Waals surface area contributed by atoms with Gasteiger partial charge in [0.2, 0.25) is 5.91 Å². The normalized spacial score (nSPS) is 12.4. The van der Waals surface area contributed by atoms with Gasteiger partial charge in [0.1, 0.15) is 25.6 Å². The van der Waals surface area contributed by atoms with Crippen molar-refractivity contribution in [1.82, 2.24) is 5.32 Å². The quantitative estimate of drug-likeness (QED) is 0.414. The number of ether oxygens (including phenoxy) is 2. The second-order valence-electron chi connectivity index (χ2n) is 7.89. The molecule has 4 rings (SSSR count).